The van der Waals surface area contributed by atoms with Gasteiger partial charge in [-0.1, -0.05) is 60.7 Å². The largest absolute Gasteiger partial charge is 0.495 e. The third-order valence-corrected chi connectivity index (χ3v) is 5.02. The molecule has 5 heteroatoms. The number of amides is 2. The average Bonchev–Trinajstić information content (AvgIpc) is 3.19. The Kier molecular flexibility index (Phi) is 5.47. The van der Waals surface area contributed by atoms with Crippen molar-refractivity contribution in [2.45, 2.75) is 5.92 Å². The smallest absolute Gasteiger partial charge is 0.319 e. The van der Waals surface area contributed by atoms with Gasteiger partial charge in [-0.3, -0.25) is 0 Å². The van der Waals surface area contributed by atoms with Crippen LogP contribution in [0.5, 0.6) is 5.75 Å². The first-order chi connectivity index (χ1) is 14.3. The summed E-state index contributed by atoms with van der Waals surface area (Å²) >= 11 is 0. The van der Waals surface area contributed by atoms with E-state index in [1.54, 1.807) is 7.11 Å². The van der Waals surface area contributed by atoms with E-state index in [4.69, 9.17) is 4.74 Å². The highest BCUT2D eigenvalue weighted by atomic mass is 16.5. The maximum atomic E-state index is 12.6. The molecule has 1 atom stereocenters. The molecule has 4 rings (SSSR count). The Balaban J connectivity index is 1.56. The number of carbonyl (C=O) groups excluding carboxylic acids is 1. The van der Waals surface area contributed by atoms with Crippen LogP contribution in [0.3, 0.4) is 0 Å². The van der Waals surface area contributed by atoms with E-state index in [1.807, 2.05) is 60.8 Å². The summed E-state index contributed by atoms with van der Waals surface area (Å²) in [4.78, 5) is 15.9. The molecule has 0 aliphatic rings. The van der Waals surface area contributed by atoms with Gasteiger partial charge in [-0.15, -0.1) is 0 Å². The number of fused-ring (bicyclic) bond motifs is 1. The van der Waals surface area contributed by atoms with E-state index in [2.05, 4.69) is 39.9 Å². The number of carbonyl (C=O) groups is 1. The van der Waals surface area contributed by atoms with Crippen LogP contribution in [0, 0.1) is 0 Å². The minimum Gasteiger partial charge on any atom is -0.495 e. The van der Waals surface area contributed by atoms with Crippen LogP contribution in [0.2, 0.25) is 0 Å². The van der Waals surface area contributed by atoms with Gasteiger partial charge in [-0.05, 0) is 29.3 Å². The number of hydrogen-bond donors (Lipinski definition) is 3. The second-order valence-corrected chi connectivity index (χ2v) is 6.79. The summed E-state index contributed by atoms with van der Waals surface area (Å²) in [7, 11) is 1.58. The van der Waals surface area contributed by atoms with Gasteiger partial charge in [0.1, 0.15) is 5.75 Å². The van der Waals surface area contributed by atoms with Crippen molar-refractivity contribution in [1.82, 2.24) is 10.3 Å². The third-order valence-electron chi connectivity index (χ3n) is 5.02. The van der Waals surface area contributed by atoms with Crippen LogP contribution in [0.4, 0.5) is 10.5 Å². The van der Waals surface area contributed by atoms with Crippen molar-refractivity contribution in [2.24, 2.45) is 0 Å². The van der Waals surface area contributed by atoms with Crippen molar-refractivity contribution in [2.75, 3.05) is 19.0 Å². The number of hydrogen-bond acceptors (Lipinski definition) is 2. The maximum absolute atomic E-state index is 12.6. The van der Waals surface area contributed by atoms with Gasteiger partial charge in [0.25, 0.3) is 0 Å². The van der Waals surface area contributed by atoms with Gasteiger partial charge in [-0.2, -0.15) is 0 Å². The van der Waals surface area contributed by atoms with Gasteiger partial charge >= 0.3 is 6.03 Å². The molecule has 1 aromatic heterocycles. The maximum Gasteiger partial charge on any atom is 0.319 e. The van der Waals surface area contributed by atoms with Crippen molar-refractivity contribution in [3.8, 4) is 5.75 Å². The van der Waals surface area contributed by atoms with Gasteiger partial charge < -0.3 is 20.4 Å². The molecule has 0 aliphatic heterocycles. The molecule has 4 aromatic rings. The van der Waals surface area contributed by atoms with Crippen LogP contribution in [-0.4, -0.2) is 24.7 Å². The Hall–Kier alpha value is -3.73. The molecule has 0 spiro atoms. The molecule has 2 amide bonds. The van der Waals surface area contributed by atoms with E-state index in [9.17, 15) is 4.79 Å². The molecule has 146 valence electrons. The Morgan fingerprint density at radius 1 is 0.966 bits per heavy atom. The predicted molar refractivity (Wildman–Crippen MR) is 117 cm³/mol. The van der Waals surface area contributed by atoms with E-state index in [1.165, 1.54) is 0 Å². The summed E-state index contributed by atoms with van der Waals surface area (Å²) in [5, 5.41) is 7.04. The van der Waals surface area contributed by atoms with E-state index in [0.717, 1.165) is 22.0 Å². The fourth-order valence-corrected chi connectivity index (χ4v) is 3.58. The van der Waals surface area contributed by atoms with Crippen molar-refractivity contribution < 1.29 is 9.53 Å². The van der Waals surface area contributed by atoms with Gasteiger partial charge in [0.15, 0.2) is 0 Å². The first-order valence-corrected chi connectivity index (χ1v) is 9.55. The quantitative estimate of drug-likeness (QED) is 0.431. The monoisotopic (exact) mass is 385 g/mol. The Morgan fingerprint density at radius 3 is 2.52 bits per heavy atom. The molecule has 1 heterocycles. The highest BCUT2D eigenvalue weighted by molar-refractivity contribution is 5.91. The van der Waals surface area contributed by atoms with Crippen LogP contribution in [-0.2, 0) is 0 Å². The van der Waals surface area contributed by atoms with Gasteiger partial charge in [0, 0.05) is 29.6 Å². The summed E-state index contributed by atoms with van der Waals surface area (Å²) < 4.78 is 5.30. The van der Waals surface area contributed by atoms with E-state index in [0.29, 0.717) is 18.0 Å². The zero-order valence-corrected chi connectivity index (χ0v) is 16.2. The molecule has 3 aromatic carbocycles. The molecule has 0 aliphatic carbocycles. The Morgan fingerprint density at radius 2 is 1.69 bits per heavy atom. The van der Waals surface area contributed by atoms with Crippen LogP contribution in [0.1, 0.15) is 17.0 Å². The Labute approximate surface area is 169 Å². The highest BCUT2D eigenvalue weighted by Crippen LogP contribution is 2.30. The number of nitrogens with one attached hydrogen (secondary N) is 3. The van der Waals surface area contributed by atoms with Crippen molar-refractivity contribution in [1.29, 1.82) is 0 Å². The van der Waals surface area contributed by atoms with Crippen molar-refractivity contribution in [3.63, 3.8) is 0 Å². The molecular weight excluding hydrogens is 362 g/mol. The molecule has 0 radical (unpaired) electrons. The summed E-state index contributed by atoms with van der Waals surface area (Å²) in [6.45, 7) is 0.465. The summed E-state index contributed by atoms with van der Waals surface area (Å²) in [5.41, 5.74) is 4.02. The molecular formula is C24H23N3O2. The van der Waals surface area contributed by atoms with E-state index < -0.39 is 0 Å². The Bertz CT molecular complexity index is 1110. The lowest BCUT2D eigenvalue weighted by atomic mass is 9.91. The van der Waals surface area contributed by atoms with Crippen LogP contribution in [0.25, 0.3) is 10.9 Å². The third kappa shape index (κ3) is 4.09. The van der Waals surface area contributed by atoms with Crippen molar-refractivity contribution >= 4 is 22.6 Å². The lowest BCUT2D eigenvalue weighted by Crippen LogP contribution is -2.32. The van der Waals surface area contributed by atoms with E-state index in [-0.39, 0.29) is 11.9 Å². The summed E-state index contributed by atoms with van der Waals surface area (Å²) in [5.74, 6) is 0.648. The second kappa shape index (κ2) is 8.52. The number of para-hydroxylation sites is 3. The number of anilines is 1. The zero-order valence-electron chi connectivity index (χ0n) is 16.2. The highest BCUT2D eigenvalue weighted by Gasteiger charge is 2.19. The number of ether oxygens (including phenoxy) is 1. The molecule has 0 unspecified atom stereocenters. The number of methoxy groups -OCH3 is 1. The molecule has 3 N–H and O–H groups in total. The SMILES string of the molecule is COc1ccccc1NC(=O)NC[C@@H](c1ccccc1)c1c[nH]c2ccccc12. The lowest BCUT2D eigenvalue weighted by molar-refractivity contribution is 0.251. The first kappa shape index (κ1) is 18.6. The van der Waals surface area contributed by atoms with Gasteiger partial charge in [0.05, 0.1) is 12.8 Å². The molecule has 0 saturated heterocycles. The fourth-order valence-electron chi connectivity index (χ4n) is 3.58. The average molecular weight is 385 g/mol. The fraction of sp³-hybridized carbons (Fsp3) is 0.125. The summed E-state index contributed by atoms with van der Waals surface area (Å²) in [6, 6.07) is 25.5. The topological polar surface area (TPSA) is 66.2 Å². The van der Waals surface area contributed by atoms with Crippen LogP contribution in [0.15, 0.2) is 85.1 Å². The molecule has 29 heavy (non-hydrogen) atoms. The zero-order chi connectivity index (χ0) is 20.1. The number of aromatic amines is 1. The van der Waals surface area contributed by atoms with Crippen molar-refractivity contribution in [3.05, 3.63) is 96.2 Å². The lowest BCUT2D eigenvalue weighted by Gasteiger charge is -2.19. The second-order valence-electron chi connectivity index (χ2n) is 6.79. The predicted octanol–water partition coefficient (Wildman–Crippen LogP) is 5.13. The summed E-state index contributed by atoms with van der Waals surface area (Å²) in [6.07, 6.45) is 2.03. The van der Waals surface area contributed by atoms with Crippen LogP contribution >= 0.6 is 0 Å². The number of urea groups is 1. The van der Waals surface area contributed by atoms with Gasteiger partial charge in [-0.25, -0.2) is 4.79 Å². The number of aromatic nitrogens is 1. The van der Waals surface area contributed by atoms with Crippen LogP contribution < -0.4 is 15.4 Å². The molecule has 0 saturated carbocycles. The molecule has 0 fully saturated rings. The standard InChI is InChI=1S/C24H23N3O2/c1-29-23-14-8-7-13-22(23)27-24(28)26-15-19(17-9-3-2-4-10-17)20-16-25-21-12-6-5-11-18(20)21/h2-14,16,19,25H,15H2,1H3,(H2,26,27,28)/t19-/m0/s1. The minimum absolute atomic E-state index is 0.0239. The number of benzene rings is 3. The molecule has 5 nitrogen and oxygen atoms in total. The van der Waals surface area contributed by atoms with Gasteiger partial charge in [0.2, 0.25) is 0 Å². The first-order valence-electron chi connectivity index (χ1n) is 9.55. The number of rotatable bonds is 6. The molecule has 0 bridgehead atoms. The number of H-pyrrole nitrogens is 1. The minimum atomic E-state index is -0.268. The normalized spacial score (nSPS) is 11.8. The van der Waals surface area contributed by atoms with E-state index >= 15 is 0 Å².